The van der Waals surface area contributed by atoms with E-state index < -0.39 is 0 Å². The summed E-state index contributed by atoms with van der Waals surface area (Å²) in [6, 6.07) is 10.3. The van der Waals surface area contributed by atoms with Crippen molar-refractivity contribution in [3.05, 3.63) is 36.1 Å². The molecule has 0 radical (unpaired) electrons. The maximum Gasteiger partial charge on any atom is 0.289 e. The van der Waals surface area contributed by atoms with Gasteiger partial charge in [-0.3, -0.25) is 9.69 Å². The number of nitrogens with zero attached hydrogens (tertiary/aromatic N) is 2. The fourth-order valence-corrected chi connectivity index (χ4v) is 3.06. The summed E-state index contributed by atoms with van der Waals surface area (Å²) in [5, 5.41) is 4.28. The maximum atomic E-state index is 12.5. The first kappa shape index (κ1) is 12.9. The van der Waals surface area contributed by atoms with Crippen LogP contribution in [0.2, 0.25) is 0 Å². The van der Waals surface area contributed by atoms with Crippen molar-refractivity contribution in [2.45, 2.75) is 6.04 Å². The third-order valence-electron chi connectivity index (χ3n) is 4.51. The van der Waals surface area contributed by atoms with E-state index in [1.54, 1.807) is 0 Å². The normalized spacial score (nSPS) is 20.7. The molecule has 3 heterocycles. The molecule has 0 aliphatic carbocycles. The molecule has 110 valence electrons. The van der Waals surface area contributed by atoms with Gasteiger partial charge in [-0.05, 0) is 12.1 Å². The topological polar surface area (TPSA) is 48.7 Å². The number of rotatable bonds is 2. The molecule has 1 amide bonds. The third kappa shape index (κ3) is 2.32. The van der Waals surface area contributed by atoms with Crippen LogP contribution in [0, 0.1) is 0 Å². The van der Waals surface area contributed by atoms with Crippen LogP contribution in [0.3, 0.4) is 0 Å². The second-order valence-electron chi connectivity index (χ2n) is 5.79. The predicted molar refractivity (Wildman–Crippen MR) is 80.3 cm³/mol. The summed E-state index contributed by atoms with van der Waals surface area (Å²) in [6.45, 7) is 5.64. The number of amides is 1. The molecule has 2 saturated heterocycles. The van der Waals surface area contributed by atoms with Gasteiger partial charge in [0.05, 0.1) is 0 Å². The van der Waals surface area contributed by atoms with Crippen LogP contribution in [0.1, 0.15) is 10.6 Å². The average molecular weight is 285 g/mol. The van der Waals surface area contributed by atoms with E-state index >= 15 is 0 Å². The van der Waals surface area contributed by atoms with Crippen molar-refractivity contribution < 1.29 is 9.21 Å². The van der Waals surface area contributed by atoms with Gasteiger partial charge in [-0.15, -0.1) is 0 Å². The Labute approximate surface area is 123 Å². The lowest BCUT2D eigenvalue weighted by Crippen LogP contribution is -2.62. The molecule has 2 aliphatic rings. The summed E-state index contributed by atoms with van der Waals surface area (Å²) < 4.78 is 5.67. The number of para-hydroxylation sites is 1. The molecule has 2 aromatic rings. The highest BCUT2D eigenvalue weighted by atomic mass is 16.3. The van der Waals surface area contributed by atoms with Crippen LogP contribution in [0.15, 0.2) is 34.7 Å². The van der Waals surface area contributed by atoms with E-state index in [-0.39, 0.29) is 5.91 Å². The van der Waals surface area contributed by atoms with E-state index in [1.165, 1.54) is 0 Å². The van der Waals surface area contributed by atoms with Crippen LogP contribution in [-0.4, -0.2) is 61.0 Å². The molecular weight excluding hydrogens is 266 g/mol. The zero-order chi connectivity index (χ0) is 14.2. The largest absolute Gasteiger partial charge is 0.451 e. The van der Waals surface area contributed by atoms with Crippen molar-refractivity contribution in [1.82, 2.24) is 15.1 Å². The minimum Gasteiger partial charge on any atom is -0.451 e. The Kier molecular flexibility index (Phi) is 3.16. The summed E-state index contributed by atoms with van der Waals surface area (Å²) in [4.78, 5) is 16.9. The van der Waals surface area contributed by atoms with Gasteiger partial charge in [0.1, 0.15) is 5.58 Å². The lowest BCUT2D eigenvalue weighted by atomic mass is 10.1. The van der Waals surface area contributed by atoms with Crippen molar-refractivity contribution in [2.75, 3.05) is 39.3 Å². The average Bonchev–Trinajstić information content (AvgIpc) is 2.89. The molecular formula is C16H19N3O2. The maximum absolute atomic E-state index is 12.5. The fourth-order valence-electron chi connectivity index (χ4n) is 3.06. The Bertz CT molecular complexity index is 621. The number of fused-ring (bicyclic) bond motifs is 1. The highest BCUT2D eigenvalue weighted by Gasteiger charge is 2.30. The Morgan fingerprint density at radius 3 is 2.57 bits per heavy atom. The van der Waals surface area contributed by atoms with Crippen molar-refractivity contribution in [2.24, 2.45) is 0 Å². The van der Waals surface area contributed by atoms with Crippen LogP contribution >= 0.6 is 0 Å². The highest BCUT2D eigenvalue weighted by Crippen LogP contribution is 2.21. The molecule has 2 fully saturated rings. The number of nitrogens with one attached hydrogen (secondary N) is 1. The molecule has 0 atom stereocenters. The van der Waals surface area contributed by atoms with Gasteiger partial charge >= 0.3 is 0 Å². The van der Waals surface area contributed by atoms with Gasteiger partial charge in [0.2, 0.25) is 0 Å². The molecule has 2 aliphatic heterocycles. The van der Waals surface area contributed by atoms with Gasteiger partial charge in [0, 0.05) is 50.7 Å². The van der Waals surface area contributed by atoms with Crippen molar-refractivity contribution in [3.8, 4) is 0 Å². The lowest BCUT2D eigenvalue weighted by Gasteiger charge is -2.43. The van der Waals surface area contributed by atoms with Crippen molar-refractivity contribution in [3.63, 3.8) is 0 Å². The SMILES string of the molecule is O=C(c1cc2ccccc2o1)N1CCN(C2CNC2)CC1. The Morgan fingerprint density at radius 1 is 1.14 bits per heavy atom. The van der Waals surface area contributed by atoms with Crippen LogP contribution in [0.4, 0.5) is 0 Å². The van der Waals surface area contributed by atoms with Crippen LogP contribution in [0.25, 0.3) is 11.0 Å². The molecule has 5 heteroatoms. The smallest absolute Gasteiger partial charge is 0.289 e. The van der Waals surface area contributed by atoms with Gasteiger partial charge in [-0.25, -0.2) is 0 Å². The van der Waals surface area contributed by atoms with E-state index in [2.05, 4.69) is 10.2 Å². The second-order valence-corrected chi connectivity index (χ2v) is 5.79. The summed E-state index contributed by atoms with van der Waals surface area (Å²) in [7, 11) is 0. The molecule has 0 unspecified atom stereocenters. The van der Waals surface area contributed by atoms with E-state index in [0.29, 0.717) is 11.8 Å². The molecule has 0 bridgehead atoms. The third-order valence-corrected chi connectivity index (χ3v) is 4.51. The lowest BCUT2D eigenvalue weighted by molar-refractivity contribution is 0.0479. The summed E-state index contributed by atoms with van der Waals surface area (Å²) >= 11 is 0. The molecule has 1 aromatic heterocycles. The zero-order valence-corrected chi connectivity index (χ0v) is 11.9. The molecule has 4 rings (SSSR count). The minimum atomic E-state index is 0.0117. The van der Waals surface area contributed by atoms with Crippen LogP contribution in [0.5, 0.6) is 0 Å². The fraction of sp³-hybridized carbons (Fsp3) is 0.438. The Hall–Kier alpha value is -1.85. The molecule has 1 N–H and O–H groups in total. The van der Waals surface area contributed by atoms with Crippen LogP contribution in [-0.2, 0) is 0 Å². The minimum absolute atomic E-state index is 0.0117. The van der Waals surface area contributed by atoms with E-state index in [4.69, 9.17) is 4.42 Å². The standard InChI is InChI=1S/C16H19N3O2/c20-16(15-9-12-3-1-2-4-14(12)21-15)19-7-5-18(6-8-19)13-10-17-11-13/h1-4,9,13,17H,5-8,10-11H2. The number of hydrogen-bond acceptors (Lipinski definition) is 4. The Morgan fingerprint density at radius 2 is 1.90 bits per heavy atom. The number of benzene rings is 1. The number of carbonyl (C=O) groups excluding carboxylic acids is 1. The number of hydrogen-bond donors (Lipinski definition) is 1. The van der Waals surface area contributed by atoms with Gasteiger partial charge in [-0.1, -0.05) is 18.2 Å². The first-order valence-corrected chi connectivity index (χ1v) is 7.54. The summed E-state index contributed by atoms with van der Waals surface area (Å²) in [5.74, 6) is 0.465. The van der Waals surface area contributed by atoms with E-state index in [9.17, 15) is 4.79 Å². The molecule has 0 spiro atoms. The molecule has 21 heavy (non-hydrogen) atoms. The first-order chi connectivity index (χ1) is 10.3. The second kappa shape index (κ2) is 5.16. The van der Waals surface area contributed by atoms with Gasteiger partial charge in [0.25, 0.3) is 5.91 Å². The zero-order valence-electron chi connectivity index (χ0n) is 11.9. The monoisotopic (exact) mass is 285 g/mol. The van der Waals surface area contributed by atoms with Gasteiger partial charge in [-0.2, -0.15) is 0 Å². The van der Waals surface area contributed by atoms with Crippen molar-refractivity contribution in [1.29, 1.82) is 0 Å². The molecule has 1 aromatic carbocycles. The Balaban J connectivity index is 1.45. The number of piperazine rings is 1. The van der Waals surface area contributed by atoms with Gasteiger partial charge in [0.15, 0.2) is 5.76 Å². The number of carbonyl (C=O) groups is 1. The molecule has 5 nitrogen and oxygen atoms in total. The first-order valence-electron chi connectivity index (χ1n) is 7.54. The summed E-state index contributed by atoms with van der Waals surface area (Å²) in [6.07, 6.45) is 0. The molecule has 0 saturated carbocycles. The highest BCUT2D eigenvalue weighted by molar-refractivity contribution is 5.96. The van der Waals surface area contributed by atoms with E-state index in [0.717, 1.165) is 50.2 Å². The van der Waals surface area contributed by atoms with E-state index in [1.807, 2.05) is 35.2 Å². The summed E-state index contributed by atoms with van der Waals surface area (Å²) in [5.41, 5.74) is 0.778. The number of furan rings is 1. The van der Waals surface area contributed by atoms with Crippen molar-refractivity contribution >= 4 is 16.9 Å². The van der Waals surface area contributed by atoms with Crippen LogP contribution < -0.4 is 5.32 Å². The predicted octanol–water partition coefficient (Wildman–Crippen LogP) is 1.16. The van der Waals surface area contributed by atoms with Gasteiger partial charge < -0.3 is 14.6 Å². The quantitative estimate of drug-likeness (QED) is 0.899.